The second-order valence-electron chi connectivity index (χ2n) is 5.71. The van der Waals surface area contributed by atoms with Crippen molar-refractivity contribution in [1.29, 1.82) is 0 Å². The molecule has 8 heteroatoms. The van der Waals surface area contributed by atoms with Crippen molar-refractivity contribution in [3.63, 3.8) is 0 Å². The van der Waals surface area contributed by atoms with Gasteiger partial charge < -0.3 is 10.2 Å². The molecule has 3 rings (SSSR count). The van der Waals surface area contributed by atoms with Crippen LogP contribution in [0, 0.1) is 0 Å². The number of amides is 1. The fourth-order valence-electron chi connectivity index (χ4n) is 2.47. The summed E-state index contributed by atoms with van der Waals surface area (Å²) in [6, 6.07) is 10.1. The van der Waals surface area contributed by atoms with Gasteiger partial charge in [0.2, 0.25) is 5.91 Å². The van der Waals surface area contributed by atoms with E-state index in [9.17, 15) is 14.4 Å². The lowest BCUT2D eigenvalue weighted by atomic mass is 10.2. The Kier molecular flexibility index (Phi) is 4.34. The smallest absolute Gasteiger partial charge is 0.329 e. The average Bonchev–Trinajstić information content (AvgIpc) is 2.59. The first kappa shape index (κ1) is 16.4. The Hall–Kier alpha value is -3.42. The number of fused-ring (bicyclic) bond motifs is 1. The summed E-state index contributed by atoms with van der Waals surface area (Å²) in [4.78, 5) is 44.5. The molecule has 0 unspecified atom stereocenters. The van der Waals surface area contributed by atoms with E-state index in [4.69, 9.17) is 0 Å². The van der Waals surface area contributed by atoms with Crippen LogP contribution in [-0.4, -0.2) is 34.5 Å². The van der Waals surface area contributed by atoms with Crippen LogP contribution in [0.1, 0.15) is 0 Å². The van der Waals surface area contributed by atoms with E-state index in [0.29, 0.717) is 16.6 Å². The summed E-state index contributed by atoms with van der Waals surface area (Å²) in [6.07, 6.45) is 1.54. The van der Waals surface area contributed by atoms with Crippen LogP contribution >= 0.6 is 0 Å². The van der Waals surface area contributed by atoms with Crippen LogP contribution in [0.5, 0.6) is 0 Å². The first-order chi connectivity index (χ1) is 12.0. The maximum absolute atomic E-state index is 12.3. The lowest BCUT2D eigenvalue weighted by molar-refractivity contribution is -0.116. The fraction of sp³-hybridized carbons (Fsp3) is 0.176. The summed E-state index contributed by atoms with van der Waals surface area (Å²) in [5.41, 5.74) is -0.162. The maximum Gasteiger partial charge on any atom is 0.329 e. The molecule has 0 fully saturated rings. The number of aromatic amines is 1. The fourth-order valence-corrected chi connectivity index (χ4v) is 2.47. The predicted molar refractivity (Wildman–Crippen MR) is 96.0 cm³/mol. The van der Waals surface area contributed by atoms with Crippen molar-refractivity contribution in [1.82, 2.24) is 14.5 Å². The quantitative estimate of drug-likeness (QED) is 0.732. The molecule has 0 radical (unpaired) electrons. The second-order valence-corrected chi connectivity index (χ2v) is 5.71. The first-order valence-electron chi connectivity index (χ1n) is 7.61. The Labute approximate surface area is 142 Å². The third-order valence-electron chi connectivity index (χ3n) is 3.70. The van der Waals surface area contributed by atoms with E-state index in [0.717, 1.165) is 5.82 Å². The van der Waals surface area contributed by atoms with Crippen molar-refractivity contribution in [3.8, 4) is 0 Å². The monoisotopic (exact) mass is 339 g/mol. The number of carbonyl (C=O) groups excluding carboxylic acids is 1. The minimum absolute atomic E-state index is 0.217. The molecule has 25 heavy (non-hydrogen) atoms. The van der Waals surface area contributed by atoms with Crippen LogP contribution in [0.15, 0.2) is 52.2 Å². The number of rotatable bonds is 4. The molecule has 0 aliphatic heterocycles. The van der Waals surface area contributed by atoms with Gasteiger partial charge in [0.05, 0.1) is 22.8 Å². The van der Waals surface area contributed by atoms with Crippen LogP contribution in [-0.2, 0) is 11.3 Å². The average molecular weight is 339 g/mol. The largest absolute Gasteiger partial charge is 0.363 e. The van der Waals surface area contributed by atoms with Crippen molar-refractivity contribution in [3.05, 3.63) is 63.4 Å². The Bertz CT molecular complexity index is 1030. The summed E-state index contributed by atoms with van der Waals surface area (Å²) < 4.78 is 1.23. The van der Waals surface area contributed by atoms with E-state index in [2.05, 4.69) is 15.3 Å². The van der Waals surface area contributed by atoms with E-state index >= 15 is 0 Å². The zero-order chi connectivity index (χ0) is 18.0. The maximum atomic E-state index is 12.3. The number of carbonyl (C=O) groups is 1. The van der Waals surface area contributed by atoms with E-state index in [1.54, 1.807) is 42.6 Å². The number of H-pyrrole nitrogens is 1. The van der Waals surface area contributed by atoms with Crippen molar-refractivity contribution in [2.24, 2.45) is 0 Å². The van der Waals surface area contributed by atoms with Gasteiger partial charge in [0.25, 0.3) is 5.56 Å². The molecule has 2 aromatic heterocycles. The number of nitrogens with zero attached hydrogens (tertiary/aromatic N) is 3. The third-order valence-corrected chi connectivity index (χ3v) is 3.70. The van der Waals surface area contributed by atoms with E-state index in [1.807, 2.05) is 19.0 Å². The Morgan fingerprint density at radius 3 is 2.64 bits per heavy atom. The second kappa shape index (κ2) is 6.60. The summed E-state index contributed by atoms with van der Waals surface area (Å²) in [6.45, 7) is -0.217. The molecule has 2 N–H and O–H groups in total. The number of hydrogen-bond acceptors (Lipinski definition) is 5. The molecule has 0 bridgehead atoms. The van der Waals surface area contributed by atoms with Crippen LogP contribution in [0.3, 0.4) is 0 Å². The standard InChI is InChI=1S/C17H17N5O3/c1-21(2)14-8-7-11(9-18-14)19-15(23)10-22-13-6-4-3-5-12(13)16(24)20-17(22)25/h3-9H,10H2,1-2H3,(H,19,23)(H,20,24,25). The highest BCUT2D eigenvalue weighted by Gasteiger charge is 2.11. The lowest BCUT2D eigenvalue weighted by Crippen LogP contribution is -2.34. The molecule has 0 saturated heterocycles. The molecule has 0 saturated carbocycles. The van der Waals surface area contributed by atoms with Gasteiger partial charge in [-0.15, -0.1) is 0 Å². The number of para-hydroxylation sites is 1. The minimum atomic E-state index is -0.625. The van der Waals surface area contributed by atoms with Crippen molar-refractivity contribution in [2.75, 3.05) is 24.3 Å². The molecule has 1 aromatic carbocycles. The highest BCUT2D eigenvalue weighted by molar-refractivity contribution is 5.91. The number of benzene rings is 1. The van der Waals surface area contributed by atoms with Crippen LogP contribution in [0.25, 0.3) is 10.9 Å². The topological polar surface area (TPSA) is 100 Å². The molecule has 8 nitrogen and oxygen atoms in total. The van der Waals surface area contributed by atoms with Crippen LogP contribution in [0.4, 0.5) is 11.5 Å². The van der Waals surface area contributed by atoms with Gasteiger partial charge in [-0.2, -0.15) is 0 Å². The molecule has 0 atom stereocenters. The van der Waals surface area contributed by atoms with Crippen molar-refractivity contribution >= 4 is 28.3 Å². The molecule has 3 aromatic rings. The first-order valence-corrected chi connectivity index (χ1v) is 7.61. The molecule has 128 valence electrons. The zero-order valence-corrected chi connectivity index (χ0v) is 13.8. The molecule has 0 spiro atoms. The molecule has 0 aliphatic carbocycles. The number of pyridine rings is 1. The van der Waals surface area contributed by atoms with Gasteiger partial charge >= 0.3 is 5.69 Å². The van der Waals surface area contributed by atoms with Gasteiger partial charge in [-0.1, -0.05) is 12.1 Å². The van der Waals surface area contributed by atoms with Gasteiger partial charge in [0, 0.05) is 14.1 Å². The minimum Gasteiger partial charge on any atom is -0.363 e. The molecular formula is C17H17N5O3. The summed E-state index contributed by atoms with van der Waals surface area (Å²) >= 11 is 0. The number of nitrogens with one attached hydrogen (secondary N) is 2. The summed E-state index contributed by atoms with van der Waals surface area (Å²) in [7, 11) is 3.74. The Morgan fingerprint density at radius 1 is 1.20 bits per heavy atom. The highest BCUT2D eigenvalue weighted by Crippen LogP contribution is 2.12. The normalized spacial score (nSPS) is 10.6. The van der Waals surface area contributed by atoms with Crippen LogP contribution in [0.2, 0.25) is 0 Å². The summed E-state index contributed by atoms with van der Waals surface area (Å²) in [5.74, 6) is 0.375. The lowest BCUT2D eigenvalue weighted by Gasteiger charge is -2.12. The van der Waals surface area contributed by atoms with Crippen LogP contribution < -0.4 is 21.5 Å². The number of aromatic nitrogens is 3. The summed E-state index contributed by atoms with van der Waals surface area (Å²) in [5, 5.41) is 3.05. The van der Waals surface area contributed by atoms with Crippen molar-refractivity contribution < 1.29 is 4.79 Å². The predicted octanol–water partition coefficient (Wildman–Crippen LogP) is 0.789. The Balaban J connectivity index is 1.85. The molecule has 2 heterocycles. The number of hydrogen-bond donors (Lipinski definition) is 2. The molecule has 0 aliphatic rings. The van der Waals surface area contributed by atoms with E-state index < -0.39 is 17.2 Å². The van der Waals surface area contributed by atoms with E-state index in [1.165, 1.54) is 4.57 Å². The van der Waals surface area contributed by atoms with Gasteiger partial charge in [0.15, 0.2) is 0 Å². The highest BCUT2D eigenvalue weighted by atomic mass is 16.2. The van der Waals surface area contributed by atoms with E-state index in [-0.39, 0.29) is 6.54 Å². The van der Waals surface area contributed by atoms with Gasteiger partial charge in [-0.05, 0) is 24.3 Å². The number of anilines is 2. The van der Waals surface area contributed by atoms with Crippen molar-refractivity contribution in [2.45, 2.75) is 6.54 Å². The molecular weight excluding hydrogens is 322 g/mol. The van der Waals surface area contributed by atoms with Gasteiger partial charge in [-0.25, -0.2) is 9.78 Å². The molecule has 1 amide bonds. The van der Waals surface area contributed by atoms with Gasteiger partial charge in [0.1, 0.15) is 12.4 Å². The third kappa shape index (κ3) is 3.42. The zero-order valence-electron chi connectivity index (χ0n) is 13.8. The Morgan fingerprint density at radius 2 is 1.96 bits per heavy atom. The SMILES string of the molecule is CN(C)c1ccc(NC(=O)Cn2c(=O)[nH]c(=O)c3ccccc32)cn1. The van der Waals surface area contributed by atoms with Gasteiger partial charge in [-0.3, -0.25) is 19.1 Å².